The molecule has 1 aromatic carbocycles. The van der Waals surface area contributed by atoms with E-state index in [4.69, 9.17) is 16.3 Å². The van der Waals surface area contributed by atoms with Gasteiger partial charge in [-0.3, -0.25) is 0 Å². The highest BCUT2D eigenvalue weighted by molar-refractivity contribution is 6.30. The van der Waals surface area contributed by atoms with Gasteiger partial charge >= 0.3 is 0 Å². The van der Waals surface area contributed by atoms with Gasteiger partial charge in [0.05, 0.1) is 6.10 Å². The van der Waals surface area contributed by atoms with E-state index >= 15 is 0 Å². The van der Waals surface area contributed by atoms with E-state index in [1.54, 1.807) is 6.07 Å². The molecule has 0 aliphatic rings. The summed E-state index contributed by atoms with van der Waals surface area (Å²) in [5, 5.41) is 10.7. The number of halogens is 1. The fourth-order valence-electron chi connectivity index (χ4n) is 2.20. The molecule has 0 bridgehead atoms. The number of unbranched alkanes of at least 4 members (excludes halogenated alkanes) is 5. The van der Waals surface area contributed by atoms with E-state index in [2.05, 4.69) is 6.92 Å². The van der Waals surface area contributed by atoms with Crippen LogP contribution in [0.1, 0.15) is 58.8 Å². The Bertz CT molecular complexity index is 368. The number of ether oxygens (including phenoxy) is 1. The first kappa shape index (κ1) is 17.3. The molecule has 114 valence electrons. The monoisotopic (exact) mass is 298 g/mol. The number of rotatable bonds is 10. The van der Waals surface area contributed by atoms with Crippen molar-refractivity contribution in [3.05, 3.63) is 29.3 Å². The fourth-order valence-corrected chi connectivity index (χ4v) is 2.38. The van der Waals surface area contributed by atoms with Gasteiger partial charge in [0.2, 0.25) is 0 Å². The van der Waals surface area contributed by atoms with Gasteiger partial charge < -0.3 is 9.84 Å². The molecule has 0 aromatic heterocycles. The molecule has 0 aliphatic carbocycles. The Balaban J connectivity index is 2.20. The van der Waals surface area contributed by atoms with Crippen LogP contribution in [0.4, 0.5) is 0 Å². The highest BCUT2D eigenvalue weighted by Gasteiger charge is 2.15. The highest BCUT2D eigenvalue weighted by atomic mass is 35.5. The van der Waals surface area contributed by atoms with Crippen LogP contribution in [-0.4, -0.2) is 17.3 Å². The quantitative estimate of drug-likeness (QED) is 0.600. The van der Waals surface area contributed by atoms with E-state index < -0.39 is 6.10 Å². The van der Waals surface area contributed by atoms with E-state index in [1.165, 1.54) is 32.1 Å². The third kappa shape index (κ3) is 7.16. The standard InChI is InChI=1S/C17H27ClO2/c1-3-4-5-6-7-8-12-17(19)14(2)20-16-11-9-10-15(18)13-16/h9-11,13-14,17,19H,3-8,12H2,1-2H3. The van der Waals surface area contributed by atoms with Gasteiger partial charge in [0.1, 0.15) is 11.9 Å². The lowest BCUT2D eigenvalue weighted by molar-refractivity contribution is 0.0400. The molecule has 0 heterocycles. The van der Waals surface area contributed by atoms with Crippen molar-refractivity contribution in [3.8, 4) is 5.75 Å². The maximum Gasteiger partial charge on any atom is 0.122 e. The fraction of sp³-hybridized carbons (Fsp3) is 0.647. The minimum atomic E-state index is -0.417. The van der Waals surface area contributed by atoms with Crippen molar-refractivity contribution in [2.75, 3.05) is 0 Å². The predicted molar refractivity (Wildman–Crippen MR) is 85.5 cm³/mol. The Hall–Kier alpha value is -0.730. The molecule has 2 nitrogen and oxygen atoms in total. The summed E-state index contributed by atoms with van der Waals surface area (Å²) in [6.45, 7) is 4.13. The van der Waals surface area contributed by atoms with Crippen molar-refractivity contribution < 1.29 is 9.84 Å². The van der Waals surface area contributed by atoms with Gasteiger partial charge in [-0.2, -0.15) is 0 Å². The minimum Gasteiger partial charge on any atom is -0.488 e. The normalized spacial score (nSPS) is 14.0. The lowest BCUT2D eigenvalue weighted by Gasteiger charge is -2.20. The summed E-state index contributed by atoms with van der Waals surface area (Å²) < 4.78 is 5.72. The van der Waals surface area contributed by atoms with Crippen molar-refractivity contribution >= 4 is 11.6 Å². The zero-order valence-corrected chi connectivity index (χ0v) is 13.4. The van der Waals surface area contributed by atoms with Crippen LogP contribution in [0.5, 0.6) is 5.75 Å². The van der Waals surface area contributed by atoms with E-state index in [0.717, 1.165) is 12.8 Å². The van der Waals surface area contributed by atoms with Crippen LogP contribution >= 0.6 is 11.6 Å². The largest absolute Gasteiger partial charge is 0.488 e. The molecule has 0 radical (unpaired) electrons. The molecular formula is C17H27ClO2. The first-order valence-corrected chi connectivity index (χ1v) is 8.11. The molecule has 2 unspecified atom stereocenters. The Labute approximate surface area is 128 Å². The van der Waals surface area contributed by atoms with Gasteiger partial charge in [-0.05, 0) is 31.5 Å². The summed E-state index contributed by atoms with van der Waals surface area (Å²) in [6.07, 6.45) is 7.60. The van der Waals surface area contributed by atoms with E-state index in [-0.39, 0.29) is 6.10 Å². The topological polar surface area (TPSA) is 29.5 Å². The predicted octanol–water partition coefficient (Wildman–Crippen LogP) is 5.22. The molecule has 0 aliphatic heterocycles. The summed E-state index contributed by atoms with van der Waals surface area (Å²) in [5.41, 5.74) is 0. The van der Waals surface area contributed by atoms with Gasteiger partial charge in [-0.25, -0.2) is 0 Å². The molecule has 0 amide bonds. The van der Waals surface area contributed by atoms with E-state index in [9.17, 15) is 5.11 Å². The zero-order valence-electron chi connectivity index (χ0n) is 12.6. The van der Waals surface area contributed by atoms with Crippen molar-refractivity contribution in [3.63, 3.8) is 0 Å². The van der Waals surface area contributed by atoms with Crippen molar-refractivity contribution in [1.29, 1.82) is 0 Å². The summed E-state index contributed by atoms with van der Waals surface area (Å²) in [6, 6.07) is 7.30. The van der Waals surface area contributed by atoms with Crippen molar-refractivity contribution in [2.24, 2.45) is 0 Å². The molecular weight excluding hydrogens is 272 g/mol. The second kappa shape index (κ2) is 10.1. The summed E-state index contributed by atoms with van der Waals surface area (Å²) in [5.74, 6) is 0.715. The number of aliphatic hydroxyl groups is 1. The molecule has 0 fully saturated rings. The van der Waals surface area contributed by atoms with E-state index in [1.807, 2.05) is 25.1 Å². The van der Waals surface area contributed by atoms with Crippen LogP contribution < -0.4 is 4.74 Å². The molecule has 20 heavy (non-hydrogen) atoms. The Kier molecular flexibility index (Phi) is 8.72. The average molecular weight is 299 g/mol. The van der Waals surface area contributed by atoms with Crippen LogP contribution in [-0.2, 0) is 0 Å². The lowest BCUT2D eigenvalue weighted by atomic mass is 10.0. The Morgan fingerprint density at radius 2 is 1.85 bits per heavy atom. The molecule has 0 saturated carbocycles. The highest BCUT2D eigenvalue weighted by Crippen LogP contribution is 2.20. The second-order valence-corrected chi connectivity index (χ2v) is 5.84. The molecule has 0 saturated heterocycles. The number of aliphatic hydroxyl groups excluding tert-OH is 1. The van der Waals surface area contributed by atoms with Crippen LogP contribution in [0.2, 0.25) is 5.02 Å². The zero-order chi connectivity index (χ0) is 14.8. The summed E-state index contributed by atoms with van der Waals surface area (Å²) >= 11 is 5.91. The summed E-state index contributed by atoms with van der Waals surface area (Å²) in [4.78, 5) is 0. The first-order chi connectivity index (χ1) is 9.63. The lowest BCUT2D eigenvalue weighted by Crippen LogP contribution is -2.28. The number of benzene rings is 1. The molecule has 3 heteroatoms. The number of hydrogen-bond donors (Lipinski definition) is 1. The summed E-state index contributed by atoms with van der Waals surface area (Å²) in [7, 11) is 0. The molecule has 1 N–H and O–H groups in total. The van der Waals surface area contributed by atoms with Crippen molar-refractivity contribution in [1.82, 2.24) is 0 Å². The maximum absolute atomic E-state index is 10.1. The van der Waals surface area contributed by atoms with Gasteiger partial charge in [0.15, 0.2) is 0 Å². The second-order valence-electron chi connectivity index (χ2n) is 5.40. The van der Waals surface area contributed by atoms with Crippen LogP contribution in [0.25, 0.3) is 0 Å². The molecule has 2 atom stereocenters. The van der Waals surface area contributed by atoms with Crippen LogP contribution in [0.3, 0.4) is 0 Å². The van der Waals surface area contributed by atoms with Gasteiger partial charge in [-0.1, -0.05) is 63.1 Å². The third-order valence-electron chi connectivity index (χ3n) is 3.51. The molecule has 0 spiro atoms. The maximum atomic E-state index is 10.1. The van der Waals surface area contributed by atoms with Crippen molar-refractivity contribution in [2.45, 2.75) is 71.0 Å². The van der Waals surface area contributed by atoms with E-state index in [0.29, 0.717) is 10.8 Å². The van der Waals surface area contributed by atoms with Gasteiger partial charge in [-0.15, -0.1) is 0 Å². The number of hydrogen-bond acceptors (Lipinski definition) is 2. The van der Waals surface area contributed by atoms with Gasteiger partial charge in [0.25, 0.3) is 0 Å². The molecule has 1 aromatic rings. The minimum absolute atomic E-state index is 0.205. The smallest absolute Gasteiger partial charge is 0.122 e. The van der Waals surface area contributed by atoms with Crippen LogP contribution in [0.15, 0.2) is 24.3 Å². The average Bonchev–Trinajstić information content (AvgIpc) is 2.42. The molecule has 1 rings (SSSR count). The third-order valence-corrected chi connectivity index (χ3v) is 3.75. The Morgan fingerprint density at radius 1 is 1.15 bits per heavy atom. The first-order valence-electron chi connectivity index (χ1n) is 7.73. The Morgan fingerprint density at radius 3 is 2.55 bits per heavy atom. The SMILES string of the molecule is CCCCCCCCC(O)C(C)Oc1cccc(Cl)c1. The van der Waals surface area contributed by atoms with Gasteiger partial charge in [0, 0.05) is 5.02 Å². The van der Waals surface area contributed by atoms with Crippen LogP contribution in [0, 0.1) is 0 Å².